The molecule has 0 radical (unpaired) electrons. The summed E-state index contributed by atoms with van der Waals surface area (Å²) >= 11 is 6.26. The number of carbonyl (C=O) groups excluding carboxylic acids is 2. The first-order valence-electron chi connectivity index (χ1n) is 8.34. The Labute approximate surface area is 174 Å². The largest absolute Gasteiger partial charge is 0.324 e. The van der Waals surface area contributed by atoms with Crippen LogP contribution in [0.1, 0.15) is 12.5 Å². The van der Waals surface area contributed by atoms with Gasteiger partial charge in [-0.15, -0.1) is 0 Å². The maximum atomic E-state index is 13.0. The first-order valence-corrected chi connectivity index (χ1v) is 9.56. The van der Waals surface area contributed by atoms with Crippen molar-refractivity contribution in [3.05, 3.63) is 74.9 Å². The SMILES string of the molecule is CC(C(=O)Nc1ccc(F)cc1)N1C(=O)/C(=C/c2cccc([N+](=O)[O-])c2)SC1=S. The number of hydrogen-bond acceptors (Lipinski definition) is 6. The highest BCUT2D eigenvalue weighted by molar-refractivity contribution is 8.26. The Balaban J connectivity index is 1.77. The summed E-state index contributed by atoms with van der Waals surface area (Å²) in [5, 5.41) is 13.5. The fourth-order valence-electron chi connectivity index (χ4n) is 2.59. The Hall–Kier alpha value is -3.11. The Morgan fingerprint density at radius 3 is 2.66 bits per heavy atom. The number of carbonyl (C=O) groups is 2. The summed E-state index contributed by atoms with van der Waals surface area (Å²) in [6.07, 6.45) is 1.50. The second-order valence-electron chi connectivity index (χ2n) is 6.08. The quantitative estimate of drug-likeness (QED) is 0.333. The third kappa shape index (κ3) is 4.66. The molecule has 29 heavy (non-hydrogen) atoms. The van der Waals surface area contributed by atoms with Crippen molar-refractivity contribution in [2.24, 2.45) is 0 Å². The van der Waals surface area contributed by atoms with Crippen LogP contribution in [0.3, 0.4) is 0 Å². The molecule has 1 saturated heterocycles. The summed E-state index contributed by atoms with van der Waals surface area (Å²) in [7, 11) is 0. The molecule has 1 unspecified atom stereocenters. The van der Waals surface area contributed by atoms with E-state index in [-0.39, 0.29) is 14.9 Å². The standard InChI is InChI=1S/C19H14FN3O4S2/c1-11(17(24)21-14-7-5-13(20)6-8-14)22-18(25)16(29-19(22)28)10-12-3-2-4-15(9-12)23(26)27/h2-11H,1H3,(H,21,24)/b16-10-. The molecule has 0 bridgehead atoms. The molecule has 0 aromatic heterocycles. The summed E-state index contributed by atoms with van der Waals surface area (Å²) in [6.45, 7) is 1.53. The van der Waals surface area contributed by atoms with Gasteiger partial charge in [-0.25, -0.2) is 4.39 Å². The highest BCUT2D eigenvalue weighted by Crippen LogP contribution is 2.34. The van der Waals surface area contributed by atoms with E-state index < -0.39 is 28.6 Å². The zero-order valence-corrected chi connectivity index (χ0v) is 16.6. The van der Waals surface area contributed by atoms with Gasteiger partial charge in [-0.1, -0.05) is 36.1 Å². The fourth-order valence-corrected chi connectivity index (χ4v) is 4.01. The first kappa shape index (κ1) is 20.6. The van der Waals surface area contributed by atoms with E-state index in [1.165, 1.54) is 60.4 Å². The van der Waals surface area contributed by atoms with Crippen LogP contribution >= 0.6 is 24.0 Å². The van der Waals surface area contributed by atoms with Gasteiger partial charge >= 0.3 is 0 Å². The maximum Gasteiger partial charge on any atom is 0.270 e. The van der Waals surface area contributed by atoms with Crippen molar-refractivity contribution in [3.8, 4) is 0 Å². The van der Waals surface area contributed by atoms with Crippen molar-refractivity contribution >= 4 is 57.6 Å². The van der Waals surface area contributed by atoms with Crippen LogP contribution in [-0.2, 0) is 9.59 Å². The molecule has 2 amide bonds. The van der Waals surface area contributed by atoms with Gasteiger partial charge in [0, 0.05) is 17.8 Å². The predicted octanol–water partition coefficient (Wildman–Crippen LogP) is 3.96. The third-order valence-electron chi connectivity index (χ3n) is 4.08. The van der Waals surface area contributed by atoms with Crippen molar-refractivity contribution in [1.82, 2.24) is 4.90 Å². The molecule has 1 aliphatic rings. The van der Waals surface area contributed by atoms with Crippen molar-refractivity contribution in [2.75, 3.05) is 5.32 Å². The average molecular weight is 431 g/mol. The lowest BCUT2D eigenvalue weighted by atomic mass is 10.2. The number of nitro benzene ring substituents is 1. The van der Waals surface area contributed by atoms with E-state index in [1.807, 2.05) is 0 Å². The number of benzene rings is 2. The zero-order chi connectivity index (χ0) is 21.1. The molecule has 10 heteroatoms. The lowest BCUT2D eigenvalue weighted by Gasteiger charge is -2.22. The van der Waals surface area contributed by atoms with E-state index in [0.29, 0.717) is 11.3 Å². The number of thiocarbonyl (C=S) groups is 1. The minimum atomic E-state index is -0.899. The third-order valence-corrected chi connectivity index (χ3v) is 5.41. The van der Waals surface area contributed by atoms with Crippen molar-refractivity contribution in [1.29, 1.82) is 0 Å². The smallest absolute Gasteiger partial charge is 0.270 e. The summed E-state index contributed by atoms with van der Waals surface area (Å²) in [5.74, 6) is -1.38. The molecule has 0 aliphatic carbocycles. The molecule has 7 nitrogen and oxygen atoms in total. The normalized spacial score (nSPS) is 16.2. The maximum absolute atomic E-state index is 13.0. The van der Waals surface area contributed by atoms with Crippen LogP contribution in [0.15, 0.2) is 53.4 Å². The molecule has 2 aromatic carbocycles. The van der Waals surface area contributed by atoms with Gasteiger partial charge in [0.1, 0.15) is 16.2 Å². The highest BCUT2D eigenvalue weighted by Gasteiger charge is 2.38. The van der Waals surface area contributed by atoms with E-state index >= 15 is 0 Å². The fraction of sp³-hybridized carbons (Fsp3) is 0.105. The molecule has 1 fully saturated rings. The molecule has 3 rings (SSSR count). The predicted molar refractivity (Wildman–Crippen MR) is 113 cm³/mol. The molecule has 0 spiro atoms. The van der Waals surface area contributed by atoms with E-state index in [4.69, 9.17) is 12.2 Å². The van der Waals surface area contributed by atoms with Gasteiger partial charge in [-0.2, -0.15) is 0 Å². The molecule has 0 saturated carbocycles. The second kappa shape index (κ2) is 8.50. The molecule has 1 aliphatic heterocycles. The monoisotopic (exact) mass is 431 g/mol. The summed E-state index contributed by atoms with van der Waals surface area (Å²) in [6, 6.07) is 10.2. The number of nitro groups is 1. The van der Waals surface area contributed by atoms with Gasteiger partial charge in [-0.3, -0.25) is 24.6 Å². The minimum Gasteiger partial charge on any atom is -0.324 e. The second-order valence-corrected chi connectivity index (χ2v) is 7.75. The Morgan fingerprint density at radius 2 is 2.00 bits per heavy atom. The first-order chi connectivity index (χ1) is 13.8. The van der Waals surface area contributed by atoms with Crippen LogP contribution in [0.25, 0.3) is 6.08 Å². The Bertz CT molecular complexity index is 1040. The van der Waals surface area contributed by atoms with Crippen LogP contribution in [0.2, 0.25) is 0 Å². The lowest BCUT2D eigenvalue weighted by Crippen LogP contribution is -2.44. The van der Waals surface area contributed by atoms with E-state index in [9.17, 15) is 24.1 Å². The number of nitrogens with zero attached hydrogens (tertiary/aromatic N) is 2. The topological polar surface area (TPSA) is 92.6 Å². The van der Waals surface area contributed by atoms with Gasteiger partial charge in [0.15, 0.2) is 0 Å². The number of nitrogens with one attached hydrogen (secondary N) is 1. The molecular weight excluding hydrogens is 417 g/mol. The van der Waals surface area contributed by atoms with E-state index in [2.05, 4.69) is 5.32 Å². The number of halogens is 1. The number of thioether (sulfide) groups is 1. The summed E-state index contributed by atoms with van der Waals surface area (Å²) < 4.78 is 13.2. The van der Waals surface area contributed by atoms with E-state index in [1.54, 1.807) is 6.07 Å². The number of amides is 2. The highest BCUT2D eigenvalue weighted by atomic mass is 32.2. The number of anilines is 1. The number of hydrogen-bond donors (Lipinski definition) is 1. The molecule has 1 N–H and O–H groups in total. The lowest BCUT2D eigenvalue weighted by molar-refractivity contribution is -0.384. The van der Waals surface area contributed by atoms with Gasteiger partial charge in [0.2, 0.25) is 5.91 Å². The van der Waals surface area contributed by atoms with Crippen LogP contribution in [0.5, 0.6) is 0 Å². The van der Waals surface area contributed by atoms with Gasteiger partial charge < -0.3 is 5.32 Å². The minimum absolute atomic E-state index is 0.0960. The summed E-state index contributed by atoms with van der Waals surface area (Å²) in [5.41, 5.74) is 0.769. The van der Waals surface area contributed by atoms with Gasteiger partial charge in [0.25, 0.3) is 11.6 Å². The van der Waals surface area contributed by atoms with E-state index in [0.717, 1.165) is 11.8 Å². The molecule has 1 atom stereocenters. The van der Waals surface area contributed by atoms with Crippen LogP contribution < -0.4 is 5.32 Å². The molecule has 2 aromatic rings. The average Bonchev–Trinajstić information content (AvgIpc) is 2.96. The number of non-ortho nitro benzene ring substituents is 1. The zero-order valence-electron chi connectivity index (χ0n) is 15.0. The van der Waals surface area contributed by atoms with Crippen LogP contribution in [0.4, 0.5) is 15.8 Å². The van der Waals surface area contributed by atoms with Crippen LogP contribution in [-0.4, -0.2) is 32.0 Å². The Kier molecular flexibility index (Phi) is 6.04. The van der Waals surface area contributed by atoms with Crippen LogP contribution in [0, 0.1) is 15.9 Å². The molecule has 1 heterocycles. The van der Waals surface area contributed by atoms with Gasteiger partial charge in [0.05, 0.1) is 9.83 Å². The van der Waals surface area contributed by atoms with Crippen molar-refractivity contribution in [3.63, 3.8) is 0 Å². The Morgan fingerprint density at radius 1 is 1.31 bits per heavy atom. The molecule has 148 valence electrons. The summed E-state index contributed by atoms with van der Waals surface area (Å²) in [4.78, 5) is 37.1. The molecular formula is C19H14FN3O4S2. The van der Waals surface area contributed by atoms with Gasteiger partial charge in [-0.05, 0) is 42.8 Å². The van der Waals surface area contributed by atoms with Crippen molar-refractivity contribution in [2.45, 2.75) is 13.0 Å². The number of rotatable bonds is 5. The van der Waals surface area contributed by atoms with Crippen molar-refractivity contribution < 1.29 is 18.9 Å².